The molecule has 0 radical (unpaired) electrons. The van der Waals surface area contributed by atoms with E-state index < -0.39 is 6.09 Å². The molecule has 0 unspecified atom stereocenters. The molecule has 1 aromatic heterocycles. The van der Waals surface area contributed by atoms with Gasteiger partial charge in [0, 0.05) is 24.8 Å². The van der Waals surface area contributed by atoms with Crippen molar-refractivity contribution in [2.24, 2.45) is 0 Å². The highest BCUT2D eigenvalue weighted by Gasteiger charge is 2.05. The molecule has 0 atom stereocenters. The quantitative estimate of drug-likeness (QED) is 0.545. The maximum absolute atomic E-state index is 11.6. The number of carbonyl (C=O) groups excluding carboxylic acids is 1. The van der Waals surface area contributed by atoms with Crippen molar-refractivity contribution in [1.29, 1.82) is 0 Å². The number of halogens is 1. The lowest BCUT2D eigenvalue weighted by atomic mass is 10.2. The molecule has 0 aliphatic carbocycles. The van der Waals surface area contributed by atoms with Crippen molar-refractivity contribution in [3.8, 4) is 0 Å². The van der Waals surface area contributed by atoms with Crippen LogP contribution in [-0.4, -0.2) is 35.2 Å². The van der Waals surface area contributed by atoms with Crippen LogP contribution in [0.5, 0.6) is 0 Å². The van der Waals surface area contributed by atoms with Crippen LogP contribution in [0, 0.1) is 0 Å². The summed E-state index contributed by atoms with van der Waals surface area (Å²) in [4.78, 5) is 25.5. The van der Waals surface area contributed by atoms with Crippen LogP contribution in [-0.2, 0) is 0 Å². The summed E-state index contributed by atoms with van der Waals surface area (Å²) in [6.07, 6.45) is 0.900. The molecule has 2 amide bonds. The highest BCUT2D eigenvalue weighted by Crippen LogP contribution is 2.06. The van der Waals surface area contributed by atoms with Gasteiger partial charge in [-0.25, -0.2) is 9.78 Å². The predicted octanol–water partition coefficient (Wildman–Crippen LogP) is 1.12. The van der Waals surface area contributed by atoms with Crippen molar-refractivity contribution in [2.45, 2.75) is 6.42 Å². The Bertz CT molecular complexity index is 412. The summed E-state index contributed by atoms with van der Waals surface area (Å²) in [7, 11) is 0. The lowest BCUT2D eigenvalue weighted by Crippen LogP contribution is -2.29. The van der Waals surface area contributed by atoms with E-state index in [9.17, 15) is 9.59 Å². The number of amides is 2. The van der Waals surface area contributed by atoms with Gasteiger partial charge in [-0.05, 0) is 18.6 Å². The number of nitrogens with one attached hydrogen (secondary N) is 2. The molecule has 0 saturated carbocycles. The minimum absolute atomic E-state index is 0.255. The molecule has 0 aliphatic rings. The minimum Gasteiger partial charge on any atom is -0.465 e. The van der Waals surface area contributed by atoms with E-state index in [1.54, 1.807) is 6.07 Å². The topological polar surface area (TPSA) is 91.3 Å². The van der Waals surface area contributed by atoms with Gasteiger partial charge in [0.05, 0.1) is 0 Å². The number of carbonyl (C=O) groups is 2. The van der Waals surface area contributed by atoms with Gasteiger partial charge in [-0.2, -0.15) is 0 Å². The second kappa shape index (κ2) is 6.70. The Hall–Kier alpha value is -1.82. The third-order valence-electron chi connectivity index (χ3n) is 1.90. The lowest BCUT2D eigenvalue weighted by Gasteiger charge is -2.05. The molecule has 0 bridgehead atoms. The zero-order valence-corrected chi connectivity index (χ0v) is 9.70. The summed E-state index contributed by atoms with van der Waals surface area (Å²) >= 11 is 5.64. The Morgan fingerprint density at radius 3 is 2.71 bits per heavy atom. The van der Waals surface area contributed by atoms with Crippen LogP contribution in [0.3, 0.4) is 0 Å². The van der Waals surface area contributed by atoms with E-state index in [4.69, 9.17) is 16.7 Å². The molecule has 7 heteroatoms. The zero-order chi connectivity index (χ0) is 12.7. The van der Waals surface area contributed by atoms with Crippen molar-refractivity contribution >= 4 is 23.6 Å². The SMILES string of the molecule is O=C(O)NCCCNC(=O)c1ccnc(Cl)c1. The average molecular weight is 258 g/mol. The van der Waals surface area contributed by atoms with E-state index in [0.717, 1.165) is 0 Å². The molecule has 17 heavy (non-hydrogen) atoms. The molecule has 1 rings (SSSR count). The minimum atomic E-state index is -1.07. The zero-order valence-electron chi connectivity index (χ0n) is 8.94. The molecule has 92 valence electrons. The van der Waals surface area contributed by atoms with Crippen LogP contribution in [0.1, 0.15) is 16.8 Å². The third-order valence-corrected chi connectivity index (χ3v) is 2.11. The smallest absolute Gasteiger partial charge is 0.404 e. The first kappa shape index (κ1) is 13.2. The molecule has 0 saturated heterocycles. The van der Waals surface area contributed by atoms with E-state index >= 15 is 0 Å². The van der Waals surface area contributed by atoms with E-state index in [1.807, 2.05) is 0 Å². The second-order valence-corrected chi connectivity index (χ2v) is 3.60. The van der Waals surface area contributed by atoms with Crippen LogP contribution in [0.25, 0.3) is 0 Å². The third kappa shape index (κ3) is 5.17. The van der Waals surface area contributed by atoms with Crippen molar-refractivity contribution in [2.75, 3.05) is 13.1 Å². The first-order chi connectivity index (χ1) is 8.09. The summed E-state index contributed by atoms with van der Waals surface area (Å²) in [5, 5.41) is 13.4. The van der Waals surface area contributed by atoms with Crippen molar-refractivity contribution in [3.63, 3.8) is 0 Å². The Balaban J connectivity index is 2.28. The summed E-state index contributed by atoms with van der Waals surface area (Å²) in [6, 6.07) is 3.02. The first-order valence-electron chi connectivity index (χ1n) is 4.96. The maximum atomic E-state index is 11.6. The summed E-state index contributed by atoms with van der Waals surface area (Å²) in [5.41, 5.74) is 0.427. The van der Waals surface area contributed by atoms with E-state index in [0.29, 0.717) is 25.1 Å². The van der Waals surface area contributed by atoms with Gasteiger partial charge in [-0.3, -0.25) is 4.79 Å². The van der Waals surface area contributed by atoms with E-state index in [2.05, 4.69) is 15.6 Å². The molecular weight excluding hydrogens is 246 g/mol. The monoisotopic (exact) mass is 257 g/mol. The second-order valence-electron chi connectivity index (χ2n) is 3.21. The molecule has 0 fully saturated rings. The molecule has 6 nitrogen and oxygen atoms in total. The number of pyridine rings is 1. The number of nitrogens with zero attached hydrogens (tertiary/aromatic N) is 1. The van der Waals surface area contributed by atoms with Gasteiger partial charge in [-0.1, -0.05) is 11.6 Å². The fourth-order valence-electron chi connectivity index (χ4n) is 1.13. The fourth-order valence-corrected chi connectivity index (χ4v) is 1.31. The number of aromatic nitrogens is 1. The fraction of sp³-hybridized carbons (Fsp3) is 0.300. The molecule has 0 aromatic carbocycles. The van der Waals surface area contributed by atoms with Crippen LogP contribution in [0.4, 0.5) is 4.79 Å². The highest BCUT2D eigenvalue weighted by molar-refractivity contribution is 6.29. The van der Waals surface area contributed by atoms with Crippen molar-refractivity contribution in [1.82, 2.24) is 15.6 Å². The number of carboxylic acid groups (broad SMARTS) is 1. The van der Waals surface area contributed by atoms with Gasteiger partial charge in [-0.15, -0.1) is 0 Å². The number of rotatable bonds is 5. The van der Waals surface area contributed by atoms with Gasteiger partial charge in [0.15, 0.2) is 0 Å². The van der Waals surface area contributed by atoms with Crippen molar-refractivity contribution in [3.05, 3.63) is 29.0 Å². The average Bonchev–Trinajstić information content (AvgIpc) is 2.28. The standard InChI is InChI=1S/C10H12ClN3O3/c11-8-6-7(2-5-12-8)9(15)13-3-1-4-14-10(16)17/h2,5-6,14H,1,3-4H2,(H,13,15)(H,16,17). The Morgan fingerprint density at radius 2 is 2.06 bits per heavy atom. The molecule has 3 N–H and O–H groups in total. The van der Waals surface area contributed by atoms with E-state index in [-0.39, 0.29) is 11.1 Å². The normalized spacial score (nSPS) is 9.71. The Labute approximate surface area is 103 Å². The molecule has 0 spiro atoms. The molecule has 1 heterocycles. The molecular formula is C10H12ClN3O3. The van der Waals surface area contributed by atoms with Crippen LogP contribution >= 0.6 is 11.6 Å². The van der Waals surface area contributed by atoms with Crippen LogP contribution in [0.2, 0.25) is 5.15 Å². The van der Waals surface area contributed by atoms with Crippen LogP contribution < -0.4 is 10.6 Å². The Morgan fingerprint density at radius 1 is 1.35 bits per heavy atom. The van der Waals surface area contributed by atoms with Crippen molar-refractivity contribution < 1.29 is 14.7 Å². The van der Waals surface area contributed by atoms with Gasteiger partial charge in [0.1, 0.15) is 5.15 Å². The summed E-state index contributed by atoms with van der Waals surface area (Å²) in [6.45, 7) is 0.686. The highest BCUT2D eigenvalue weighted by atomic mass is 35.5. The lowest BCUT2D eigenvalue weighted by molar-refractivity contribution is 0.0953. The van der Waals surface area contributed by atoms with E-state index in [1.165, 1.54) is 12.3 Å². The molecule has 1 aromatic rings. The first-order valence-corrected chi connectivity index (χ1v) is 5.34. The van der Waals surface area contributed by atoms with Gasteiger partial charge in [0.25, 0.3) is 5.91 Å². The van der Waals surface area contributed by atoms with Gasteiger partial charge >= 0.3 is 6.09 Å². The summed E-state index contributed by atoms with van der Waals surface area (Å²) < 4.78 is 0. The van der Waals surface area contributed by atoms with Gasteiger partial charge < -0.3 is 15.7 Å². The largest absolute Gasteiger partial charge is 0.465 e. The molecule has 0 aliphatic heterocycles. The number of hydrogen-bond donors (Lipinski definition) is 3. The maximum Gasteiger partial charge on any atom is 0.404 e. The number of hydrogen-bond acceptors (Lipinski definition) is 3. The Kier molecular flexibility index (Phi) is 5.22. The predicted molar refractivity (Wildman–Crippen MR) is 62.2 cm³/mol. The summed E-state index contributed by atoms with van der Waals surface area (Å²) in [5.74, 6) is -0.260. The van der Waals surface area contributed by atoms with Crippen LogP contribution in [0.15, 0.2) is 18.3 Å². The van der Waals surface area contributed by atoms with Gasteiger partial charge in [0.2, 0.25) is 0 Å².